The van der Waals surface area contributed by atoms with Crippen molar-refractivity contribution in [1.82, 2.24) is 5.32 Å². The molecule has 200 valence electrons. The smallest absolute Gasteiger partial charge is 0.242 e. The maximum atomic E-state index is 3.54. The minimum Gasteiger partial charge on any atom is -0.381 e. The molecule has 0 saturated heterocycles. The summed E-state index contributed by atoms with van der Waals surface area (Å²) in [5, 5.41) is 3.54. The normalized spacial score (nSPS) is 12.3. The lowest BCUT2D eigenvalue weighted by molar-refractivity contribution is 0.737. The third kappa shape index (κ3) is 9.50. The first-order valence-corrected chi connectivity index (χ1v) is 15.4. The Morgan fingerprint density at radius 2 is 1.30 bits per heavy atom. The highest BCUT2D eigenvalue weighted by molar-refractivity contribution is 7.42. The lowest BCUT2D eigenvalue weighted by Gasteiger charge is -2.23. The monoisotopic (exact) mass is 515 g/mol. The van der Waals surface area contributed by atoms with Crippen molar-refractivity contribution in [2.75, 3.05) is 6.29 Å². The van der Waals surface area contributed by atoms with Gasteiger partial charge in [0.15, 0.2) is 0 Å². The molecule has 0 aliphatic carbocycles. The molecule has 1 nitrogen and oxygen atoms in total. The molecule has 0 bridgehead atoms. The molecule has 0 spiro atoms. The maximum Gasteiger partial charge on any atom is 0.242 e. The highest BCUT2D eigenvalue weighted by Gasteiger charge is 2.27. The molecule has 3 aromatic rings. The molecule has 0 fully saturated rings. The summed E-state index contributed by atoms with van der Waals surface area (Å²) in [5.74, 6) is 3.17. The first kappa shape index (κ1) is 32.7. The van der Waals surface area contributed by atoms with Crippen LogP contribution in [0.3, 0.4) is 0 Å². The standard InChI is InChI=1S/C26H29BNP.C4H10.2C2H6/c1-17-9-10-24(19(3)11-17)27(26-20(4)12-18(2)13-21(26)5)23-8-6-7-22(14-23)25-15-29-16-28-25;1-4(2)3;2*1-2/h6-15,28-29H,16H2,1-5H3;4H,1-3H3;2*1-2H3. The molecule has 0 radical (unpaired) electrons. The van der Waals surface area contributed by atoms with Crippen LogP contribution < -0.4 is 21.7 Å². The summed E-state index contributed by atoms with van der Waals surface area (Å²) in [6.07, 6.45) is 1.07. The van der Waals surface area contributed by atoms with Crippen molar-refractivity contribution in [3.63, 3.8) is 0 Å². The van der Waals surface area contributed by atoms with Crippen molar-refractivity contribution in [1.29, 1.82) is 0 Å². The van der Waals surface area contributed by atoms with Crippen LogP contribution in [0, 0.1) is 40.5 Å². The van der Waals surface area contributed by atoms with E-state index in [2.05, 4.69) is 121 Å². The zero-order valence-electron chi connectivity index (χ0n) is 25.6. The van der Waals surface area contributed by atoms with Crippen molar-refractivity contribution < 1.29 is 0 Å². The summed E-state index contributed by atoms with van der Waals surface area (Å²) in [5.41, 5.74) is 13.5. The Bertz CT molecular complexity index is 1120. The summed E-state index contributed by atoms with van der Waals surface area (Å²) >= 11 is 0. The van der Waals surface area contributed by atoms with E-state index >= 15 is 0 Å². The predicted molar refractivity (Wildman–Crippen MR) is 175 cm³/mol. The van der Waals surface area contributed by atoms with Gasteiger partial charge in [-0.05, 0) is 51.9 Å². The summed E-state index contributed by atoms with van der Waals surface area (Å²) in [7, 11) is 0.869. The van der Waals surface area contributed by atoms with Crippen LogP contribution >= 0.6 is 8.58 Å². The van der Waals surface area contributed by atoms with Gasteiger partial charge >= 0.3 is 0 Å². The number of hydrogen-bond acceptors (Lipinski definition) is 1. The third-order valence-electron chi connectivity index (χ3n) is 5.92. The van der Waals surface area contributed by atoms with E-state index in [4.69, 9.17) is 0 Å². The van der Waals surface area contributed by atoms with Gasteiger partial charge in [0.1, 0.15) is 0 Å². The molecule has 3 aromatic carbocycles. The molecule has 37 heavy (non-hydrogen) atoms. The maximum absolute atomic E-state index is 3.54. The van der Waals surface area contributed by atoms with Crippen molar-refractivity contribution in [3.8, 4) is 0 Å². The van der Waals surface area contributed by atoms with Gasteiger partial charge < -0.3 is 5.32 Å². The quantitative estimate of drug-likeness (QED) is 0.274. The zero-order chi connectivity index (χ0) is 28.1. The second kappa shape index (κ2) is 16.5. The van der Waals surface area contributed by atoms with Gasteiger partial charge in [-0.1, -0.05) is 156 Å². The van der Waals surface area contributed by atoms with E-state index in [1.807, 2.05) is 27.7 Å². The Morgan fingerprint density at radius 1 is 0.730 bits per heavy atom. The molecule has 1 aliphatic heterocycles. The number of benzene rings is 3. The summed E-state index contributed by atoms with van der Waals surface area (Å²) in [6.45, 7) is 25.9. The molecule has 1 atom stereocenters. The van der Waals surface area contributed by atoms with E-state index < -0.39 is 0 Å². The van der Waals surface area contributed by atoms with Gasteiger partial charge in [0.2, 0.25) is 6.71 Å². The molecule has 0 amide bonds. The molecule has 1 N–H and O–H groups in total. The van der Waals surface area contributed by atoms with Gasteiger partial charge in [0.25, 0.3) is 0 Å². The van der Waals surface area contributed by atoms with Crippen LogP contribution in [0.4, 0.5) is 0 Å². The molecule has 4 rings (SSSR count). The van der Waals surface area contributed by atoms with E-state index in [9.17, 15) is 0 Å². The number of rotatable bonds is 4. The fourth-order valence-corrected chi connectivity index (χ4v) is 5.59. The molecule has 1 heterocycles. The van der Waals surface area contributed by atoms with Crippen molar-refractivity contribution >= 4 is 37.4 Å². The lowest BCUT2D eigenvalue weighted by atomic mass is 9.34. The molecule has 0 saturated carbocycles. The first-order chi connectivity index (χ1) is 17.7. The largest absolute Gasteiger partial charge is 0.381 e. The lowest BCUT2D eigenvalue weighted by Crippen LogP contribution is -2.55. The minimum atomic E-state index is 0.237. The highest BCUT2D eigenvalue weighted by atomic mass is 31.1. The molecule has 0 aromatic heterocycles. The second-order valence-corrected chi connectivity index (χ2v) is 11.1. The average Bonchev–Trinajstić information content (AvgIpc) is 3.39. The summed E-state index contributed by atoms with van der Waals surface area (Å²) < 4.78 is 0. The van der Waals surface area contributed by atoms with E-state index in [-0.39, 0.29) is 6.71 Å². The summed E-state index contributed by atoms with van der Waals surface area (Å²) in [4.78, 5) is 0. The Balaban J connectivity index is 0.000000767. The van der Waals surface area contributed by atoms with Crippen LogP contribution in [0.25, 0.3) is 5.70 Å². The average molecular weight is 516 g/mol. The van der Waals surface area contributed by atoms with E-state index in [1.165, 1.54) is 55.5 Å². The van der Waals surface area contributed by atoms with Crippen LogP contribution in [-0.4, -0.2) is 13.0 Å². The number of nitrogens with one attached hydrogen (secondary N) is 1. The van der Waals surface area contributed by atoms with E-state index in [0.717, 1.165) is 20.8 Å². The molecular formula is C34H51BNP. The van der Waals surface area contributed by atoms with Gasteiger partial charge in [-0.25, -0.2) is 0 Å². The first-order valence-electron chi connectivity index (χ1n) is 14.1. The topological polar surface area (TPSA) is 12.0 Å². The fourth-order valence-electron chi connectivity index (χ4n) is 4.72. The molecular weight excluding hydrogens is 464 g/mol. The third-order valence-corrected chi connectivity index (χ3v) is 6.79. The van der Waals surface area contributed by atoms with Crippen LogP contribution in [0.2, 0.25) is 0 Å². The summed E-state index contributed by atoms with van der Waals surface area (Å²) in [6, 6.07) is 20.7. The van der Waals surface area contributed by atoms with Gasteiger partial charge in [0.05, 0.1) is 0 Å². The van der Waals surface area contributed by atoms with Crippen molar-refractivity contribution in [3.05, 3.63) is 93.8 Å². The van der Waals surface area contributed by atoms with Gasteiger partial charge in [0, 0.05) is 12.0 Å². The molecule has 3 heteroatoms. The van der Waals surface area contributed by atoms with Gasteiger partial charge in [-0.15, -0.1) is 0 Å². The highest BCUT2D eigenvalue weighted by Crippen LogP contribution is 2.25. The SMILES string of the molecule is CC.CC.CC(C)C.Cc1ccc(B(c2cccc(C3=CPCN3)c2)c2c(C)cc(C)cc2C)c(C)c1. The van der Waals surface area contributed by atoms with Crippen LogP contribution in [0.15, 0.2) is 60.4 Å². The van der Waals surface area contributed by atoms with Crippen LogP contribution in [0.5, 0.6) is 0 Å². The van der Waals surface area contributed by atoms with E-state index in [0.29, 0.717) is 0 Å². The van der Waals surface area contributed by atoms with E-state index in [1.54, 1.807) is 0 Å². The van der Waals surface area contributed by atoms with Crippen LogP contribution in [0.1, 0.15) is 81.8 Å². The minimum absolute atomic E-state index is 0.237. The fraction of sp³-hybridized carbons (Fsp3) is 0.412. The van der Waals surface area contributed by atoms with Gasteiger partial charge in [-0.2, -0.15) is 0 Å². The predicted octanol–water partition coefficient (Wildman–Crippen LogP) is 8.00. The Kier molecular flexibility index (Phi) is 14.6. The van der Waals surface area contributed by atoms with Crippen LogP contribution in [-0.2, 0) is 0 Å². The Hall–Kier alpha value is -2.31. The van der Waals surface area contributed by atoms with Crippen molar-refractivity contribution in [2.24, 2.45) is 5.92 Å². The Morgan fingerprint density at radius 3 is 1.81 bits per heavy atom. The number of aryl methyl sites for hydroxylation is 5. The Labute approximate surface area is 231 Å². The number of hydrogen-bond donors (Lipinski definition) is 1. The second-order valence-electron chi connectivity index (χ2n) is 10.1. The molecule has 1 unspecified atom stereocenters. The molecule has 1 aliphatic rings. The van der Waals surface area contributed by atoms with Crippen molar-refractivity contribution in [2.45, 2.75) is 83.1 Å². The zero-order valence-corrected chi connectivity index (χ0v) is 26.6. The van der Waals surface area contributed by atoms with Gasteiger partial charge in [-0.3, -0.25) is 0 Å².